The van der Waals surface area contributed by atoms with Crippen LogP contribution < -0.4 is 26.0 Å². The Morgan fingerprint density at radius 3 is 2.66 bits per heavy atom. The van der Waals surface area contributed by atoms with Crippen molar-refractivity contribution in [3.63, 3.8) is 0 Å². The lowest BCUT2D eigenvalue weighted by Crippen LogP contribution is -2.41. The van der Waals surface area contributed by atoms with Gasteiger partial charge in [0.2, 0.25) is 0 Å². The van der Waals surface area contributed by atoms with Crippen molar-refractivity contribution in [2.45, 2.75) is 18.9 Å². The predicted octanol–water partition coefficient (Wildman–Crippen LogP) is 4.16. The molecule has 0 unspecified atom stereocenters. The number of benzene rings is 1. The normalized spacial score (nSPS) is 15.3. The summed E-state index contributed by atoms with van der Waals surface area (Å²) in [5, 5.41) is 10.3. The molecule has 184 valence electrons. The number of carbonyl (C=O) groups excluding carboxylic acids is 2. The number of amides is 3. The van der Waals surface area contributed by atoms with Gasteiger partial charge in [0.1, 0.15) is 22.3 Å². The van der Waals surface area contributed by atoms with Crippen molar-refractivity contribution < 1.29 is 36.6 Å². The van der Waals surface area contributed by atoms with Crippen molar-refractivity contribution in [2.75, 3.05) is 23.0 Å². The zero-order valence-corrected chi connectivity index (χ0v) is 18.5. The van der Waals surface area contributed by atoms with Gasteiger partial charge in [-0.2, -0.15) is 8.78 Å². The number of rotatable bonds is 6. The fraction of sp³-hybridized carbons (Fsp3) is 0.200. The molecule has 0 spiro atoms. The fourth-order valence-corrected chi connectivity index (χ4v) is 3.67. The summed E-state index contributed by atoms with van der Waals surface area (Å²) in [7, 11) is 1.46. The molecule has 15 heteroatoms. The van der Waals surface area contributed by atoms with Crippen LogP contribution in [-0.2, 0) is 17.4 Å². The topological polar surface area (TPSA) is 127 Å². The minimum absolute atomic E-state index is 0.0933. The summed E-state index contributed by atoms with van der Waals surface area (Å²) in [6.07, 6.45) is -7.32. The molecular weight excluding hydrogens is 496 g/mol. The molecular formula is C20H16F4N6O4S. The van der Waals surface area contributed by atoms with E-state index in [0.29, 0.717) is 5.82 Å². The van der Waals surface area contributed by atoms with Crippen LogP contribution in [0.2, 0.25) is 0 Å². The molecule has 0 saturated heterocycles. The zero-order valence-electron chi connectivity index (χ0n) is 17.7. The van der Waals surface area contributed by atoms with E-state index in [1.165, 1.54) is 18.8 Å². The number of carbonyl (C=O) groups is 2. The number of alkyl halides is 4. The van der Waals surface area contributed by atoms with Gasteiger partial charge in [-0.05, 0) is 35.9 Å². The van der Waals surface area contributed by atoms with Crippen LogP contribution in [0.1, 0.15) is 20.8 Å². The molecule has 0 radical (unpaired) electrons. The molecule has 1 aliphatic heterocycles. The molecule has 0 atom stereocenters. The van der Waals surface area contributed by atoms with Crippen LogP contribution in [0.3, 0.4) is 0 Å². The highest BCUT2D eigenvalue weighted by atomic mass is 32.1. The summed E-state index contributed by atoms with van der Waals surface area (Å²) in [5.41, 5.74) is 1.08. The lowest BCUT2D eigenvalue weighted by molar-refractivity contribution is -0.461. The largest absolute Gasteiger partial charge is 0.540 e. The average molecular weight is 512 g/mol. The van der Waals surface area contributed by atoms with Crippen LogP contribution in [-0.4, -0.2) is 35.2 Å². The van der Waals surface area contributed by atoms with E-state index in [9.17, 15) is 27.2 Å². The molecule has 2 aromatic heterocycles. The van der Waals surface area contributed by atoms with Crippen molar-refractivity contribution in [3.05, 3.63) is 58.0 Å². The molecule has 0 aliphatic carbocycles. The van der Waals surface area contributed by atoms with E-state index in [4.69, 9.17) is 0 Å². The monoisotopic (exact) mass is 512 g/mol. The number of pyridine rings is 1. The number of urea groups is 1. The van der Waals surface area contributed by atoms with Crippen molar-refractivity contribution in [1.29, 1.82) is 0 Å². The van der Waals surface area contributed by atoms with E-state index in [1.807, 2.05) is 0 Å². The van der Waals surface area contributed by atoms with Gasteiger partial charge in [0.05, 0.1) is 11.1 Å². The van der Waals surface area contributed by atoms with Crippen LogP contribution >= 0.6 is 11.3 Å². The molecule has 3 aromatic rings. The Hall–Kier alpha value is -3.98. The van der Waals surface area contributed by atoms with Crippen molar-refractivity contribution in [3.8, 4) is 5.75 Å². The summed E-state index contributed by atoms with van der Waals surface area (Å²) in [6.45, 7) is 0.225. The molecule has 3 amide bonds. The van der Waals surface area contributed by atoms with Gasteiger partial charge in [0.15, 0.2) is 0 Å². The number of hydrogen-bond acceptors (Lipinski definition) is 8. The van der Waals surface area contributed by atoms with Gasteiger partial charge in [-0.15, -0.1) is 20.1 Å². The van der Waals surface area contributed by atoms with Gasteiger partial charge in [-0.3, -0.25) is 10.1 Å². The third-order valence-electron chi connectivity index (χ3n) is 4.55. The van der Waals surface area contributed by atoms with E-state index < -0.39 is 35.7 Å². The molecule has 10 nitrogen and oxygen atoms in total. The van der Waals surface area contributed by atoms with Crippen LogP contribution in [0.4, 0.5) is 39.7 Å². The van der Waals surface area contributed by atoms with E-state index in [0.717, 1.165) is 35.1 Å². The lowest BCUT2D eigenvalue weighted by Gasteiger charge is -2.30. The van der Waals surface area contributed by atoms with E-state index in [-0.39, 0.29) is 22.9 Å². The Kier molecular flexibility index (Phi) is 6.45. The summed E-state index contributed by atoms with van der Waals surface area (Å²) < 4.78 is 61.8. The van der Waals surface area contributed by atoms with Gasteiger partial charge in [-0.1, -0.05) is 0 Å². The third kappa shape index (κ3) is 5.58. The highest BCUT2D eigenvalue weighted by molar-refractivity contribution is 7.12. The molecule has 0 bridgehead atoms. The van der Waals surface area contributed by atoms with Crippen molar-refractivity contribution in [2.24, 2.45) is 0 Å². The quantitative estimate of drug-likeness (QED) is 0.366. The summed E-state index contributed by atoms with van der Waals surface area (Å²) in [5.74, 6) is -0.903. The Balaban J connectivity index is 1.45. The number of aromatic nitrogens is 2. The van der Waals surface area contributed by atoms with Crippen LogP contribution in [0, 0.1) is 0 Å². The number of thiazole rings is 1. The van der Waals surface area contributed by atoms with Crippen LogP contribution in [0.25, 0.3) is 0 Å². The van der Waals surface area contributed by atoms with Gasteiger partial charge in [0.25, 0.3) is 5.91 Å². The molecule has 4 N–H and O–H groups in total. The first-order valence-electron chi connectivity index (χ1n) is 9.78. The Morgan fingerprint density at radius 1 is 1.09 bits per heavy atom. The van der Waals surface area contributed by atoms with Gasteiger partial charge < -0.3 is 20.7 Å². The van der Waals surface area contributed by atoms with E-state index >= 15 is 0 Å². The van der Waals surface area contributed by atoms with Crippen molar-refractivity contribution >= 4 is 40.6 Å². The first kappa shape index (κ1) is 24.2. The molecule has 1 aliphatic rings. The maximum absolute atomic E-state index is 14.0. The number of hydrogen-bond donors (Lipinski definition) is 4. The number of nitrogens with zero attached hydrogens (tertiary/aromatic N) is 2. The number of halogens is 4. The van der Waals surface area contributed by atoms with Gasteiger partial charge >= 0.3 is 18.4 Å². The number of fused-ring (bicyclic) bond motifs is 1. The second kappa shape index (κ2) is 9.34. The minimum atomic E-state index is -4.49. The first-order chi connectivity index (χ1) is 16.6. The smallest absolute Gasteiger partial charge is 0.409 e. The second-order valence-corrected chi connectivity index (χ2v) is 7.84. The Labute approximate surface area is 198 Å². The number of ether oxygens (including phenoxy) is 2. The SMILES string of the molecule is CNC(=O)Nc1cc(CNc2ncsc2C(=O)Nc2ccc3c(c2)C(F)(F)OC(F)(F)O3)ccn1. The maximum Gasteiger partial charge on any atom is 0.540 e. The summed E-state index contributed by atoms with van der Waals surface area (Å²) >= 11 is 0.995. The van der Waals surface area contributed by atoms with Crippen molar-refractivity contribution in [1.82, 2.24) is 15.3 Å². The maximum atomic E-state index is 14.0. The minimum Gasteiger partial charge on any atom is -0.409 e. The molecule has 1 aromatic carbocycles. The molecule has 0 saturated carbocycles. The Bertz CT molecular complexity index is 1270. The second-order valence-electron chi connectivity index (χ2n) is 6.99. The van der Waals surface area contributed by atoms with Crippen LogP contribution in [0.15, 0.2) is 42.0 Å². The predicted molar refractivity (Wildman–Crippen MR) is 117 cm³/mol. The highest BCUT2D eigenvalue weighted by Gasteiger charge is 2.54. The lowest BCUT2D eigenvalue weighted by atomic mass is 10.1. The molecule has 3 heterocycles. The first-order valence-corrected chi connectivity index (χ1v) is 10.7. The number of nitrogens with one attached hydrogen (secondary N) is 4. The molecule has 4 rings (SSSR count). The zero-order chi connectivity index (χ0) is 25.2. The third-order valence-corrected chi connectivity index (χ3v) is 5.38. The van der Waals surface area contributed by atoms with E-state index in [1.54, 1.807) is 12.1 Å². The summed E-state index contributed by atoms with van der Waals surface area (Å²) in [6, 6.07) is 5.68. The van der Waals surface area contributed by atoms with Gasteiger partial charge in [0, 0.05) is 25.5 Å². The molecule has 35 heavy (non-hydrogen) atoms. The number of anilines is 3. The van der Waals surface area contributed by atoms with Crippen LogP contribution in [0.5, 0.6) is 5.75 Å². The van der Waals surface area contributed by atoms with E-state index in [2.05, 4.69) is 40.7 Å². The average Bonchev–Trinajstić information content (AvgIpc) is 3.26. The Morgan fingerprint density at radius 2 is 1.89 bits per heavy atom. The standard InChI is InChI=1S/C20H16F4N6O4S/c1-25-18(32)30-14-6-10(4-5-26-14)8-27-16-15(35-9-28-16)17(31)29-11-2-3-13-12(7-11)19(21,22)34-20(23,24)33-13/h2-7,9,27H,8H2,1H3,(H,29,31)(H2,25,26,30,32). The highest BCUT2D eigenvalue weighted by Crippen LogP contribution is 2.46. The molecule has 0 fully saturated rings. The van der Waals surface area contributed by atoms with Gasteiger partial charge in [-0.25, -0.2) is 19.5 Å². The summed E-state index contributed by atoms with van der Waals surface area (Å²) in [4.78, 5) is 32.4. The fourth-order valence-electron chi connectivity index (χ4n) is 3.02.